The van der Waals surface area contributed by atoms with Gasteiger partial charge in [0.25, 0.3) is 0 Å². The molecule has 1 heterocycles. The molecular formula is C15H23NO2S. The van der Waals surface area contributed by atoms with Crippen molar-refractivity contribution in [2.24, 2.45) is 5.92 Å². The fraction of sp³-hybridized carbons (Fsp3) is 0.600. The van der Waals surface area contributed by atoms with Gasteiger partial charge in [-0.1, -0.05) is 0 Å². The molecule has 0 unspecified atom stereocenters. The Morgan fingerprint density at radius 2 is 1.95 bits per heavy atom. The van der Waals surface area contributed by atoms with Crippen molar-refractivity contribution in [1.82, 2.24) is 5.32 Å². The molecule has 0 aliphatic carbocycles. The van der Waals surface area contributed by atoms with Gasteiger partial charge in [0.05, 0.1) is 19.1 Å². The van der Waals surface area contributed by atoms with Crippen LogP contribution in [0.1, 0.15) is 18.4 Å². The van der Waals surface area contributed by atoms with E-state index in [0.29, 0.717) is 0 Å². The molecule has 1 aromatic rings. The zero-order valence-corrected chi connectivity index (χ0v) is 12.8. The smallest absolute Gasteiger partial charge is 0.174 e. The minimum Gasteiger partial charge on any atom is -0.493 e. The highest BCUT2D eigenvalue weighted by atomic mass is 32.2. The Hall–Kier alpha value is -0.870. The van der Waals surface area contributed by atoms with E-state index in [2.05, 4.69) is 23.7 Å². The molecule has 1 aliphatic heterocycles. The van der Waals surface area contributed by atoms with Crippen LogP contribution in [0.5, 0.6) is 11.5 Å². The minimum absolute atomic E-state index is 0.786. The number of nitrogens with one attached hydrogen (secondary N) is 1. The molecule has 0 aromatic heterocycles. The maximum atomic E-state index is 5.46. The average molecular weight is 281 g/mol. The van der Waals surface area contributed by atoms with Gasteiger partial charge in [-0.3, -0.25) is 0 Å². The Morgan fingerprint density at radius 3 is 2.53 bits per heavy atom. The predicted octanol–water partition coefficient (Wildman–Crippen LogP) is 2.97. The van der Waals surface area contributed by atoms with Gasteiger partial charge in [-0.25, -0.2) is 0 Å². The summed E-state index contributed by atoms with van der Waals surface area (Å²) in [5, 5.41) is 3.42. The molecular weight excluding hydrogens is 258 g/mol. The summed E-state index contributed by atoms with van der Waals surface area (Å²) >= 11 is 1.71. The number of hydrogen-bond donors (Lipinski definition) is 1. The van der Waals surface area contributed by atoms with Crippen molar-refractivity contribution < 1.29 is 9.47 Å². The van der Waals surface area contributed by atoms with Crippen LogP contribution in [0.2, 0.25) is 0 Å². The molecule has 0 radical (unpaired) electrons. The number of piperidine rings is 1. The van der Waals surface area contributed by atoms with Crippen molar-refractivity contribution in [2.45, 2.75) is 24.2 Å². The summed E-state index contributed by atoms with van der Waals surface area (Å²) in [6.45, 7) is 2.29. The van der Waals surface area contributed by atoms with Crippen LogP contribution in [0.25, 0.3) is 0 Å². The summed E-state index contributed by atoms with van der Waals surface area (Å²) in [6.07, 6.45) is 5.74. The van der Waals surface area contributed by atoms with Crippen LogP contribution in [0.3, 0.4) is 0 Å². The van der Waals surface area contributed by atoms with Gasteiger partial charge in [0.1, 0.15) is 0 Å². The molecule has 0 atom stereocenters. The van der Waals surface area contributed by atoms with E-state index in [4.69, 9.17) is 9.47 Å². The Kier molecular flexibility index (Phi) is 5.40. The molecule has 106 valence electrons. The number of methoxy groups -OCH3 is 2. The van der Waals surface area contributed by atoms with E-state index in [1.165, 1.54) is 18.4 Å². The lowest BCUT2D eigenvalue weighted by molar-refractivity contribution is 0.345. The van der Waals surface area contributed by atoms with Crippen LogP contribution in [0, 0.1) is 5.92 Å². The summed E-state index contributed by atoms with van der Waals surface area (Å²) in [4.78, 5) is 1.16. The van der Waals surface area contributed by atoms with E-state index >= 15 is 0 Å². The standard InChI is InChI=1S/C15H23NO2S/c1-17-13-9-12(8-11-4-6-16-7-5-11)10-14(19-3)15(13)18-2/h9-11,16H,4-8H2,1-3H3. The van der Waals surface area contributed by atoms with Crippen LogP contribution >= 0.6 is 11.8 Å². The van der Waals surface area contributed by atoms with Gasteiger partial charge in [0.15, 0.2) is 11.5 Å². The van der Waals surface area contributed by atoms with Crippen molar-refractivity contribution in [2.75, 3.05) is 33.6 Å². The molecule has 0 bridgehead atoms. The molecule has 3 nitrogen and oxygen atoms in total. The third-order valence-corrected chi connectivity index (χ3v) is 4.45. The van der Waals surface area contributed by atoms with Crippen molar-refractivity contribution in [3.8, 4) is 11.5 Å². The van der Waals surface area contributed by atoms with Crippen LogP contribution < -0.4 is 14.8 Å². The molecule has 0 saturated carbocycles. The van der Waals surface area contributed by atoms with Crippen molar-refractivity contribution in [1.29, 1.82) is 0 Å². The van der Waals surface area contributed by atoms with Crippen molar-refractivity contribution >= 4 is 11.8 Å². The van der Waals surface area contributed by atoms with E-state index < -0.39 is 0 Å². The lowest BCUT2D eigenvalue weighted by Gasteiger charge is -2.23. The summed E-state index contributed by atoms with van der Waals surface area (Å²) in [6, 6.07) is 4.37. The fourth-order valence-electron chi connectivity index (χ4n) is 2.67. The number of ether oxygens (including phenoxy) is 2. The fourth-order valence-corrected chi connectivity index (χ4v) is 3.31. The first-order chi connectivity index (χ1) is 9.28. The van der Waals surface area contributed by atoms with E-state index in [-0.39, 0.29) is 0 Å². The summed E-state index contributed by atoms with van der Waals surface area (Å²) in [7, 11) is 3.40. The second-order valence-electron chi connectivity index (χ2n) is 4.93. The van der Waals surface area contributed by atoms with E-state index in [0.717, 1.165) is 41.8 Å². The Balaban J connectivity index is 2.20. The predicted molar refractivity (Wildman–Crippen MR) is 80.6 cm³/mol. The lowest BCUT2D eigenvalue weighted by Crippen LogP contribution is -2.28. The maximum Gasteiger partial charge on any atom is 0.174 e. The van der Waals surface area contributed by atoms with Gasteiger partial charge in [-0.15, -0.1) is 11.8 Å². The normalized spacial score (nSPS) is 16.4. The van der Waals surface area contributed by atoms with Gasteiger partial charge >= 0.3 is 0 Å². The van der Waals surface area contributed by atoms with Gasteiger partial charge < -0.3 is 14.8 Å². The van der Waals surface area contributed by atoms with Gasteiger partial charge in [-0.2, -0.15) is 0 Å². The third-order valence-electron chi connectivity index (χ3n) is 3.71. The van der Waals surface area contributed by atoms with Crippen LogP contribution in [-0.2, 0) is 6.42 Å². The highest BCUT2D eigenvalue weighted by molar-refractivity contribution is 7.98. The van der Waals surface area contributed by atoms with Crippen LogP contribution in [0.4, 0.5) is 0 Å². The zero-order chi connectivity index (χ0) is 13.7. The van der Waals surface area contributed by atoms with Crippen LogP contribution in [-0.4, -0.2) is 33.6 Å². The van der Waals surface area contributed by atoms with Crippen LogP contribution in [0.15, 0.2) is 17.0 Å². The Labute approximate surface area is 120 Å². The molecule has 19 heavy (non-hydrogen) atoms. The topological polar surface area (TPSA) is 30.5 Å². The van der Waals surface area contributed by atoms with E-state index in [9.17, 15) is 0 Å². The molecule has 1 aliphatic rings. The first-order valence-electron chi connectivity index (χ1n) is 6.78. The van der Waals surface area contributed by atoms with Gasteiger partial charge in [0, 0.05) is 0 Å². The maximum absolute atomic E-state index is 5.46. The van der Waals surface area contributed by atoms with Gasteiger partial charge in [-0.05, 0) is 62.2 Å². The van der Waals surface area contributed by atoms with E-state index in [1.54, 1.807) is 26.0 Å². The molecule has 1 aromatic carbocycles. The third kappa shape index (κ3) is 3.57. The summed E-state index contributed by atoms with van der Waals surface area (Å²) in [5.41, 5.74) is 1.36. The Morgan fingerprint density at radius 1 is 1.21 bits per heavy atom. The summed E-state index contributed by atoms with van der Waals surface area (Å²) in [5.74, 6) is 2.48. The van der Waals surface area contributed by atoms with Crippen molar-refractivity contribution in [3.63, 3.8) is 0 Å². The molecule has 2 rings (SSSR count). The average Bonchev–Trinajstić information content (AvgIpc) is 2.47. The number of rotatable bonds is 5. The lowest BCUT2D eigenvalue weighted by atomic mass is 9.91. The number of thioether (sulfide) groups is 1. The quantitative estimate of drug-likeness (QED) is 0.841. The Bertz CT molecular complexity index is 392. The van der Waals surface area contributed by atoms with Gasteiger partial charge in [0.2, 0.25) is 0 Å². The van der Waals surface area contributed by atoms with Crippen molar-refractivity contribution in [3.05, 3.63) is 17.7 Å². The second-order valence-corrected chi connectivity index (χ2v) is 5.78. The monoisotopic (exact) mass is 281 g/mol. The number of hydrogen-bond acceptors (Lipinski definition) is 4. The molecule has 4 heteroatoms. The molecule has 0 amide bonds. The molecule has 1 saturated heterocycles. The number of benzene rings is 1. The highest BCUT2D eigenvalue weighted by Gasteiger charge is 2.17. The SMILES string of the molecule is COc1cc(CC2CCNCC2)cc(SC)c1OC. The first kappa shape index (κ1) is 14.5. The first-order valence-corrected chi connectivity index (χ1v) is 8.00. The van der Waals surface area contributed by atoms with E-state index in [1.807, 2.05) is 0 Å². The minimum atomic E-state index is 0.786. The summed E-state index contributed by atoms with van der Waals surface area (Å²) < 4.78 is 10.9. The zero-order valence-electron chi connectivity index (χ0n) is 12.0. The highest BCUT2D eigenvalue weighted by Crippen LogP contribution is 2.38. The molecule has 0 spiro atoms. The largest absolute Gasteiger partial charge is 0.493 e. The molecule has 1 fully saturated rings. The molecule has 1 N–H and O–H groups in total. The second kappa shape index (κ2) is 7.06.